The number of rotatable bonds is 7. The van der Waals surface area contributed by atoms with Gasteiger partial charge in [-0.15, -0.1) is 10.2 Å². The van der Waals surface area contributed by atoms with Gasteiger partial charge in [0.15, 0.2) is 5.82 Å². The first kappa shape index (κ1) is 20.7. The van der Waals surface area contributed by atoms with Gasteiger partial charge in [-0.3, -0.25) is 0 Å². The van der Waals surface area contributed by atoms with Crippen LogP contribution in [0.2, 0.25) is 0 Å². The molecule has 1 aromatic heterocycles. The number of carbonyl (C=O) groups is 2. The fourth-order valence-corrected chi connectivity index (χ4v) is 3.92. The molecule has 29 heavy (non-hydrogen) atoms. The first-order chi connectivity index (χ1) is 14.0. The van der Waals surface area contributed by atoms with Gasteiger partial charge in [0.05, 0.1) is 18.2 Å². The molecule has 1 aromatic carbocycles. The number of thioether (sulfide) groups is 1. The Labute approximate surface area is 173 Å². The number of ether oxygens (including phenoxy) is 1. The smallest absolute Gasteiger partial charge is 0.337 e. The van der Waals surface area contributed by atoms with Gasteiger partial charge in [0.25, 0.3) is 0 Å². The predicted molar refractivity (Wildman–Crippen MR) is 110 cm³/mol. The number of aromatic nitrogens is 3. The summed E-state index contributed by atoms with van der Waals surface area (Å²) in [4.78, 5) is 24.4. The molecule has 0 saturated carbocycles. The van der Waals surface area contributed by atoms with Crippen LogP contribution in [0, 0.1) is 6.92 Å². The number of carbonyl (C=O) groups excluding carboxylic acids is 2. The highest BCUT2D eigenvalue weighted by molar-refractivity contribution is 7.99. The number of hydrogen-bond donors (Lipinski definition) is 3. The van der Waals surface area contributed by atoms with Crippen molar-refractivity contribution in [1.82, 2.24) is 25.5 Å². The third kappa shape index (κ3) is 4.37. The van der Waals surface area contributed by atoms with Gasteiger partial charge in [-0.2, -0.15) is 0 Å². The van der Waals surface area contributed by atoms with E-state index in [9.17, 15) is 9.59 Å². The topological polar surface area (TPSA) is 124 Å². The standard InChI is InChI=1S/C19H24N6O3S/c1-4-13-15(17(26)28-5-2)14(22-18(27)21-13)10-29-19-24-23-16(25(19)20)12-9-7-6-8-11(12)3/h6-9,13H,4-5,10,20H2,1-3H3,(H2,21,22,27)/t13-/m0/s1. The second-order valence-electron chi connectivity index (χ2n) is 6.45. The van der Waals surface area contributed by atoms with Gasteiger partial charge in [-0.25, -0.2) is 14.3 Å². The van der Waals surface area contributed by atoms with Crippen molar-refractivity contribution in [3.63, 3.8) is 0 Å². The molecule has 1 aliphatic rings. The fraction of sp³-hybridized carbons (Fsp3) is 0.368. The lowest BCUT2D eigenvalue weighted by molar-refractivity contribution is -0.139. The number of nitrogens with two attached hydrogens (primary N) is 1. The molecule has 0 spiro atoms. The Morgan fingerprint density at radius 1 is 1.31 bits per heavy atom. The molecule has 4 N–H and O–H groups in total. The van der Waals surface area contributed by atoms with E-state index in [1.54, 1.807) is 6.92 Å². The number of urea groups is 1. The third-order valence-electron chi connectivity index (χ3n) is 4.54. The normalized spacial score (nSPS) is 16.4. The molecular formula is C19H24N6O3S. The minimum Gasteiger partial charge on any atom is -0.463 e. The molecule has 0 fully saturated rings. The van der Waals surface area contributed by atoms with Crippen LogP contribution in [-0.2, 0) is 9.53 Å². The summed E-state index contributed by atoms with van der Waals surface area (Å²) in [7, 11) is 0. The molecule has 0 radical (unpaired) electrons. The van der Waals surface area contributed by atoms with Crippen molar-refractivity contribution >= 4 is 23.8 Å². The molecular weight excluding hydrogens is 392 g/mol. The van der Waals surface area contributed by atoms with Crippen molar-refractivity contribution in [2.45, 2.75) is 38.4 Å². The molecule has 0 aliphatic carbocycles. The maximum absolute atomic E-state index is 12.5. The first-order valence-corrected chi connectivity index (χ1v) is 10.3. The Balaban J connectivity index is 1.86. The van der Waals surface area contributed by atoms with E-state index in [1.807, 2.05) is 38.1 Å². The molecule has 1 aliphatic heterocycles. The van der Waals surface area contributed by atoms with Crippen LogP contribution in [0.25, 0.3) is 11.4 Å². The van der Waals surface area contributed by atoms with E-state index < -0.39 is 12.0 Å². The summed E-state index contributed by atoms with van der Waals surface area (Å²) in [5, 5.41) is 14.3. The van der Waals surface area contributed by atoms with E-state index in [1.165, 1.54) is 16.4 Å². The summed E-state index contributed by atoms with van der Waals surface area (Å²) in [6.45, 7) is 5.87. The molecule has 154 valence electrons. The Hall–Kier alpha value is -3.01. The zero-order valence-corrected chi connectivity index (χ0v) is 17.4. The average Bonchev–Trinajstić information content (AvgIpc) is 3.06. The highest BCUT2D eigenvalue weighted by Crippen LogP contribution is 2.27. The van der Waals surface area contributed by atoms with E-state index >= 15 is 0 Å². The highest BCUT2D eigenvalue weighted by atomic mass is 32.2. The summed E-state index contributed by atoms with van der Waals surface area (Å²) in [6, 6.07) is 7.00. The fourth-order valence-electron chi connectivity index (χ4n) is 3.10. The van der Waals surface area contributed by atoms with Gasteiger partial charge in [0, 0.05) is 17.0 Å². The van der Waals surface area contributed by atoms with Crippen molar-refractivity contribution in [1.29, 1.82) is 0 Å². The minimum atomic E-state index is -0.447. The van der Waals surface area contributed by atoms with Crippen LogP contribution in [0.3, 0.4) is 0 Å². The molecule has 0 bridgehead atoms. The predicted octanol–water partition coefficient (Wildman–Crippen LogP) is 1.97. The largest absolute Gasteiger partial charge is 0.463 e. The average molecular weight is 417 g/mol. The van der Waals surface area contributed by atoms with E-state index in [2.05, 4.69) is 20.8 Å². The van der Waals surface area contributed by atoms with Crippen LogP contribution in [-0.4, -0.2) is 45.3 Å². The number of benzene rings is 1. The number of hydrogen-bond acceptors (Lipinski definition) is 7. The van der Waals surface area contributed by atoms with Crippen LogP contribution >= 0.6 is 11.8 Å². The van der Waals surface area contributed by atoms with E-state index in [0.29, 0.717) is 34.4 Å². The number of esters is 1. The number of aryl methyl sites for hydroxylation is 1. The van der Waals surface area contributed by atoms with Gasteiger partial charge in [-0.05, 0) is 25.8 Å². The molecule has 0 unspecified atom stereocenters. The molecule has 1 atom stereocenters. The Morgan fingerprint density at radius 2 is 2.07 bits per heavy atom. The summed E-state index contributed by atoms with van der Waals surface area (Å²) in [6.07, 6.45) is 0.570. The Bertz CT molecular complexity index is 955. The van der Waals surface area contributed by atoms with E-state index in [-0.39, 0.29) is 12.6 Å². The monoisotopic (exact) mass is 416 g/mol. The van der Waals surface area contributed by atoms with E-state index in [4.69, 9.17) is 10.6 Å². The van der Waals surface area contributed by atoms with Gasteiger partial charge >= 0.3 is 12.0 Å². The van der Waals surface area contributed by atoms with Crippen LogP contribution in [0.15, 0.2) is 40.7 Å². The van der Waals surface area contributed by atoms with Gasteiger partial charge in [0.2, 0.25) is 5.16 Å². The summed E-state index contributed by atoms with van der Waals surface area (Å²) in [5.41, 5.74) is 2.84. The van der Waals surface area contributed by atoms with Crippen molar-refractivity contribution in [2.24, 2.45) is 0 Å². The maximum atomic E-state index is 12.5. The molecule has 2 aromatic rings. The first-order valence-electron chi connectivity index (χ1n) is 9.33. The van der Waals surface area contributed by atoms with Gasteiger partial charge in [-0.1, -0.05) is 43.0 Å². The van der Waals surface area contributed by atoms with Crippen molar-refractivity contribution in [3.8, 4) is 11.4 Å². The van der Waals surface area contributed by atoms with Crippen LogP contribution in [0.5, 0.6) is 0 Å². The van der Waals surface area contributed by atoms with Crippen molar-refractivity contribution in [2.75, 3.05) is 18.2 Å². The number of amides is 2. The lowest BCUT2D eigenvalue weighted by Crippen LogP contribution is -2.50. The zero-order chi connectivity index (χ0) is 21.0. The van der Waals surface area contributed by atoms with Crippen molar-refractivity contribution < 1.29 is 14.3 Å². The number of nitrogen functional groups attached to an aromatic ring is 1. The molecule has 9 nitrogen and oxygen atoms in total. The molecule has 3 rings (SSSR count). The summed E-state index contributed by atoms with van der Waals surface area (Å²) in [5.74, 6) is 6.60. The molecule has 10 heteroatoms. The molecule has 0 saturated heterocycles. The SMILES string of the molecule is CCOC(=O)C1=C(CSc2nnc(-c3ccccc3C)n2N)NC(=O)N[C@H]1CC. The Morgan fingerprint density at radius 3 is 2.76 bits per heavy atom. The van der Waals surface area contributed by atoms with Crippen LogP contribution in [0.4, 0.5) is 4.79 Å². The quantitative estimate of drug-likeness (QED) is 0.358. The summed E-state index contributed by atoms with van der Waals surface area (Å²) >= 11 is 1.28. The second kappa shape index (κ2) is 8.99. The number of nitrogens with one attached hydrogen (secondary N) is 2. The molecule has 2 heterocycles. The number of nitrogens with zero attached hydrogens (tertiary/aromatic N) is 3. The maximum Gasteiger partial charge on any atom is 0.337 e. The lowest BCUT2D eigenvalue weighted by Gasteiger charge is -2.28. The van der Waals surface area contributed by atoms with Gasteiger partial charge in [0.1, 0.15) is 0 Å². The van der Waals surface area contributed by atoms with Gasteiger partial charge < -0.3 is 21.2 Å². The Kier molecular flexibility index (Phi) is 6.42. The lowest BCUT2D eigenvalue weighted by atomic mass is 10.0. The summed E-state index contributed by atoms with van der Waals surface area (Å²) < 4.78 is 6.59. The van der Waals surface area contributed by atoms with E-state index in [0.717, 1.165) is 11.1 Å². The highest BCUT2D eigenvalue weighted by Gasteiger charge is 2.31. The molecule has 2 amide bonds. The van der Waals surface area contributed by atoms with Crippen molar-refractivity contribution in [3.05, 3.63) is 41.1 Å². The van der Waals surface area contributed by atoms with Crippen LogP contribution < -0.4 is 16.5 Å². The zero-order valence-electron chi connectivity index (χ0n) is 16.6. The van der Waals surface area contributed by atoms with Crippen LogP contribution in [0.1, 0.15) is 25.8 Å². The second-order valence-corrected chi connectivity index (χ2v) is 7.39. The third-order valence-corrected chi connectivity index (χ3v) is 5.51. The minimum absolute atomic E-state index is 0.254.